The molecule has 1 fully saturated rings. The first-order chi connectivity index (χ1) is 18.8. The fourth-order valence-corrected chi connectivity index (χ4v) is 4.60. The SMILES string of the molecule is C=C(C(=O)N1CCN(C(=O)c2ccccc2)CC1)c1c[nH]c2c(-c3cnc(N(C)C)cn3)ncc(C)c12.CC. The molecule has 2 amide bonds. The molecule has 1 saturated heterocycles. The van der Waals surface area contributed by atoms with Crippen LogP contribution in [-0.4, -0.2) is 81.8 Å². The van der Waals surface area contributed by atoms with Crippen molar-refractivity contribution in [2.45, 2.75) is 20.8 Å². The Hall–Kier alpha value is -4.53. The fraction of sp³-hybridized carbons (Fsp3) is 0.300. The van der Waals surface area contributed by atoms with Gasteiger partial charge in [-0.3, -0.25) is 14.6 Å². The van der Waals surface area contributed by atoms with Crippen molar-refractivity contribution >= 4 is 34.1 Å². The van der Waals surface area contributed by atoms with Crippen LogP contribution in [0.3, 0.4) is 0 Å². The molecule has 1 aliphatic heterocycles. The van der Waals surface area contributed by atoms with Gasteiger partial charge in [0.2, 0.25) is 0 Å². The average molecular weight is 526 g/mol. The molecular formula is C30H35N7O2. The summed E-state index contributed by atoms with van der Waals surface area (Å²) in [5.41, 5.74) is 4.82. The second-order valence-corrected chi connectivity index (χ2v) is 9.33. The Labute approximate surface area is 229 Å². The maximum Gasteiger partial charge on any atom is 0.254 e. The molecule has 0 atom stereocenters. The predicted octanol–water partition coefficient (Wildman–Crippen LogP) is 4.42. The third kappa shape index (κ3) is 5.52. The molecule has 9 nitrogen and oxygen atoms in total. The summed E-state index contributed by atoms with van der Waals surface area (Å²) < 4.78 is 0. The number of aromatic nitrogens is 4. The lowest BCUT2D eigenvalue weighted by Crippen LogP contribution is -2.50. The van der Waals surface area contributed by atoms with Gasteiger partial charge in [-0.2, -0.15) is 0 Å². The highest BCUT2D eigenvalue weighted by molar-refractivity contribution is 6.22. The van der Waals surface area contributed by atoms with Crippen molar-refractivity contribution in [1.82, 2.24) is 29.7 Å². The number of hydrogen-bond donors (Lipinski definition) is 1. The summed E-state index contributed by atoms with van der Waals surface area (Å²) in [6.45, 7) is 12.0. The van der Waals surface area contributed by atoms with Gasteiger partial charge in [0.1, 0.15) is 17.2 Å². The lowest BCUT2D eigenvalue weighted by atomic mass is 10.0. The second kappa shape index (κ2) is 11.9. The minimum absolute atomic E-state index is 0.0134. The van der Waals surface area contributed by atoms with Gasteiger partial charge < -0.3 is 19.7 Å². The van der Waals surface area contributed by atoms with Crippen LogP contribution in [0, 0.1) is 6.92 Å². The minimum atomic E-state index is -0.138. The van der Waals surface area contributed by atoms with Gasteiger partial charge in [-0.05, 0) is 24.6 Å². The number of aromatic amines is 1. The van der Waals surface area contributed by atoms with E-state index in [9.17, 15) is 9.59 Å². The molecule has 0 saturated carbocycles. The number of pyridine rings is 1. The Morgan fingerprint density at radius 2 is 1.59 bits per heavy atom. The maximum absolute atomic E-state index is 13.4. The van der Waals surface area contributed by atoms with Crippen molar-refractivity contribution in [1.29, 1.82) is 0 Å². The van der Waals surface area contributed by atoms with E-state index in [1.165, 1.54) is 0 Å². The highest BCUT2D eigenvalue weighted by Crippen LogP contribution is 2.33. The maximum atomic E-state index is 13.4. The summed E-state index contributed by atoms with van der Waals surface area (Å²) in [5.74, 6) is 0.602. The molecule has 1 N–H and O–H groups in total. The number of piperazine rings is 1. The molecule has 202 valence electrons. The number of carbonyl (C=O) groups is 2. The van der Waals surface area contributed by atoms with E-state index in [0.717, 1.165) is 27.8 Å². The summed E-state index contributed by atoms with van der Waals surface area (Å²) in [7, 11) is 3.82. The monoisotopic (exact) mass is 525 g/mol. The standard InChI is InChI=1S/C28H29N7O2.C2H6/c1-18-14-31-25(22-16-30-23(17-29-22)33(3)4)26-24(18)21(15-32-26)19(2)27(36)34-10-12-35(13-11-34)28(37)20-8-6-5-7-9-20;1-2/h5-9,14-17,32H,2,10-13H2,1,3-4H3;1-2H3. The molecule has 5 rings (SSSR count). The van der Waals surface area contributed by atoms with Crippen LogP contribution in [0.4, 0.5) is 5.82 Å². The average Bonchev–Trinajstić information content (AvgIpc) is 3.44. The van der Waals surface area contributed by atoms with Crippen molar-refractivity contribution < 1.29 is 9.59 Å². The molecule has 9 heteroatoms. The van der Waals surface area contributed by atoms with Crippen LogP contribution in [0.1, 0.15) is 35.3 Å². The van der Waals surface area contributed by atoms with Crippen molar-refractivity contribution in [3.63, 3.8) is 0 Å². The van der Waals surface area contributed by atoms with E-state index in [4.69, 9.17) is 0 Å². The number of carbonyl (C=O) groups excluding carboxylic acids is 2. The molecule has 39 heavy (non-hydrogen) atoms. The lowest BCUT2D eigenvalue weighted by Gasteiger charge is -2.35. The largest absolute Gasteiger partial charge is 0.361 e. The van der Waals surface area contributed by atoms with Gasteiger partial charge >= 0.3 is 0 Å². The number of fused-ring (bicyclic) bond motifs is 1. The summed E-state index contributed by atoms with van der Waals surface area (Å²) >= 11 is 0. The molecule has 1 aliphatic rings. The molecule has 1 aromatic carbocycles. The number of benzene rings is 1. The van der Waals surface area contributed by atoms with E-state index in [1.54, 1.807) is 34.6 Å². The zero-order valence-corrected chi connectivity index (χ0v) is 23.2. The number of nitrogens with one attached hydrogen (secondary N) is 1. The number of anilines is 1. The number of H-pyrrole nitrogens is 1. The summed E-state index contributed by atoms with van der Waals surface area (Å²) in [5, 5.41) is 0.889. The van der Waals surface area contributed by atoms with E-state index in [-0.39, 0.29) is 11.8 Å². The summed E-state index contributed by atoms with van der Waals surface area (Å²) in [6, 6.07) is 9.22. The Balaban J connectivity index is 0.00000172. The van der Waals surface area contributed by atoms with Gasteiger partial charge in [-0.1, -0.05) is 38.6 Å². The molecule has 4 aromatic rings. The smallest absolute Gasteiger partial charge is 0.254 e. The molecule has 0 spiro atoms. The Kier molecular flexibility index (Phi) is 8.39. The number of rotatable bonds is 5. The fourth-order valence-electron chi connectivity index (χ4n) is 4.60. The van der Waals surface area contributed by atoms with E-state index in [0.29, 0.717) is 48.7 Å². The van der Waals surface area contributed by atoms with Crippen LogP contribution < -0.4 is 4.90 Å². The normalized spacial score (nSPS) is 13.1. The summed E-state index contributed by atoms with van der Waals surface area (Å²) in [4.78, 5) is 48.5. The third-order valence-corrected chi connectivity index (χ3v) is 6.70. The minimum Gasteiger partial charge on any atom is -0.361 e. The Bertz CT molecular complexity index is 1470. The van der Waals surface area contributed by atoms with Gasteiger partial charge in [-0.25, -0.2) is 9.97 Å². The topological polar surface area (TPSA) is 98.3 Å². The first-order valence-electron chi connectivity index (χ1n) is 13.1. The second-order valence-electron chi connectivity index (χ2n) is 9.33. The van der Waals surface area contributed by atoms with E-state index in [2.05, 4.69) is 26.5 Å². The molecule has 0 radical (unpaired) electrons. The highest BCUT2D eigenvalue weighted by atomic mass is 16.2. The van der Waals surface area contributed by atoms with Crippen molar-refractivity contribution in [3.05, 3.63) is 78.4 Å². The van der Waals surface area contributed by atoms with Crippen LogP contribution in [0.2, 0.25) is 0 Å². The molecule has 0 aliphatic carbocycles. The Morgan fingerprint density at radius 3 is 2.21 bits per heavy atom. The van der Waals surface area contributed by atoms with Gasteiger partial charge in [0.15, 0.2) is 0 Å². The first kappa shape index (κ1) is 27.5. The first-order valence-corrected chi connectivity index (χ1v) is 13.1. The predicted molar refractivity (Wildman–Crippen MR) is 155 cm³/mol. The summed E-state index contributed by atoms with van der Waals surface area (Å²) in [6.07, 6.45) is 6.99. The molecule has 0 bridgehead atoms. The van der Waals surface area contributed by atoms with E-state index in [1.807, 2.05) is 70.1 Å². The molecule has 4 heterocycles. The van der Waals surface area contributed by atoms with Crippen LogP contribution in [-0.2, 0) is 4.79 Å². The van der Waals surface area contributed by atoms with Crippen LogP contribution in [0.15, 0.2) is 61.7 Å². The van der Waals surface area contributed by atoms with E-state index < -0.39 is 0 Å². The lowest BCUT2D eigenvalue weighted by molar-refractivity contribution is -0.126. The van der Waals surface area contributed by atoms with Crippen molar-refractivity contribution in [3.8, 4) is 11.4 Å². The van der Waals surface area contributed by atoms with Crippen molar-refractivity contribution in [2.75, 3.05) is 45.2 Å². The van der Waals surface area contributed by atoms with Gasteiger partial charge in [0, 0.05) is 74.8 Å². The van der Waals surface area contributed by atoms with E-state index >= 15 is 0 Å². The van der Waals surface area contributed by atoms with Crippen LogP contribution in [0.5, 0.6) is 0 Å². The third-order valence-electron chi connectivity index (χ3n) is 6.70. The highest BCUT2D eigenvalue weighted by Gasteiger charge is 2.28. The zero-order chi connectivity index (χ0) is 28.1. The molecule has 3 aromatic heterocycles. The van der Waals surface area contributed by atoms with Gasteiger partial charge in [0.25, 0.3) is 11.8 Å². The quantitative estimate of drug-likeness (QED) is 0.388. The number of hydrogen-bond acceptors (Lipinski definition) is 6. The molecular weight excluding hydrogens is 490 g/mol. The Morgan fingerprint density at radius 1 is 0.923 bits per heavy atom. The van der Waals surface area contributed by atoms with Crippen LogP contribution in [0.25, 0.3) is 27.9 Å². The van der Waals surface area contributed by atoms with Gasteiger partial charge in [0.05, 0.1) is 17.9 Å². The van der Waals surface area contributed by atoms with Gasteiger partial charge in [-0.15, -0.1) is 0 Å². The van der Waals surface area contributed by atoms with Crippen LogP contribution >= 0.6 is 0 Å². The number of amides is 2. The number of nitrogens with zero attached hydrogens (tertiary/aromatic N) is 6. The number of aryl methyl sites for hydroxylation is 1. The van der Waals surface area contributed by atoms with Crippen molar-refractivity contribution in [2.24, 2.45) is 0 Å². The molecule has 0 unspecified atom stereocenters. The zero-order valence-electron chi connectivity index (χ0n) is 23.2.